The Morgan fingerprint density at radius 2 is 1.82 bits per heavy atom. The van der Waals surface area contributed by atoms with Crippen molar-refractivity contribution in [1.29, 1.82) is 0 Å². The van der Waals surface area contributed by atoms with Crippen molar-refractivity contribution in [2.24, 2.45) is 13.0 Å². The molecule has 172 valence electrons. The van der Waals surface area contributed by atoms with Crippen molar-refractivity contribution < 1.29 is 4.39 Å². The van der Waals surface area contributed by atoms with Crippen molar-refractivity contribution in [2.45, 2.75) is 44.9 Å². The highest BCUT2D eigenvalue weighted by Crippen LogP contribution is 2.29. The van der Waals surface area contributed by atoms with Gasteiger partial charge < -0.3 is 0 Å². The summed E-state index contributed by atoms with van der Waals surface area (Å²) >= 11 is 3.55. The van der Waals surface area contributed by atoms with Crippen molar-refractivity contribution in [3.8, 4) is 5.69 Å². The molecule has 1 aliphatic rings. The van der Waals surface area contributed by atoms with Crippen LogP contribution in [0.3, 0.4) is 0 Å². The number of rotatable bonds is 7. The van der Waals surface area contributed by atoms with Crippen LogP contribution in [0.15, 0.2) is 81.6 Å². The van der Waals surface area contributed by atoms with Crippen LogP contribution >= 0.6 is 15.9 Å². The van der Waals surface area contributed by atoms with Crippen LogP contribution in [0.2, 0.25) is 0 Å². The lowest BCUT2D eigenvalue weighted by Gasteiger charge is -2.13. The van der Waals surface area contributed by atoms with Crippen LogP contribution < -0.4 is 5.56 Å². The van der Waals surface area contributed by atoms with E-state index in [2.05, 4.69) is 34.2 Å². The van der Waals surface area contributed by atoms with Gasteiger partial charge >= 0.3 is 0 Å². The van der Waals surface area contributed by atoms with E-state index in [0.717, 1.165) is 49.0 Å². The van der Waals surface area contributed by atoms with Gasteiger partial charge in [-0.15, -0.1) is 0 Å². The fourth-order valence-corrected chi connectivity index (χ4v) is 5.24. The minimum absolute atomic E-state index is 0.0125. The van der Waals surface area contributed by atoms with Gasteiger partial charge in [0.05, 0.1) is 11.4 Å². The van der Waals surface area contributed by atoms with Crippen molar-refractivity contribution in [2.75, 3.05) is 0 Å². The number of allylic oxidation sites excluding steroid dienone is 3. The predicted molar refractivity (Wildman–Crippen MR) is 137 cm³/mol. The summed E-state index contributed by atoms with van der Waals surface area (Å²) in [4.78, 5) is 12.8. The SMILES string of the molecule is Cn1c(CCC2=CCCC(C/C=C\c3ccc(F)cc3)CC2)c(Br)c(=O)n1-c1ccccc1. The van der Waals surface area contributed by atoms with Gasteiger partial charge in [0, 0.05) is 7.05 Å². The molecular weight excluding hydrogens is 479 g/mol. The van der Waals surface area contributed by atoms with Gasteiger partial charge in [0.2, 0.25) is 0 Å². The molecule has 3 aromatic rings. The monoisotopic (exact) mass is 508 g/mol. The van der Waals surface area contributed by atoms with E-state index in [0.29, 0.717) is 10.4 Å². The minimum atomic E-state index is -0.196. The standard InChI is InChI=1S/C28H30BrFN2O/c1-31-26(27(29)28(33)32(31)25-11-3-2-4-12-25)20-17-22-9-5-7-21(13-14-22)8-6-10-23-15-18-24(30)19-16-23/h2-4,6,9-12,15-16,18-19,21H,5,7-8,13-14,17,20H2,1H3/b10-6-. The van der Waals surface area contributed by atoms with Gasteiger partial charge in [-0.2, -0.15) is 0 Å². The van der Waals surface area contributed by atoms with E-state index in [-0.39, 0.29) is 11.4 Å². The Balaban J connectivity index is 1.33. The fraction of sp³-hybridized carbons (Fsp3) is 0.321. The first kappa shape index (κ1) is 23.5. The highest BCUT2D eigenvalue weighted by Gasteiger charge is 2.18. The number of benzene rings is 2. The molecule has 4 rings (SSSR count). The van der Waals surface area contributed by atoms with Gasteiger partial charge in [-0.3, -0.25) is 9.48 Å². The molecule has 0 radical (unpaired) electrons. The Labute approximate surface area is 203 Å². The van der Waals surface area contributed by atoms with E-state index in [1.54, 1.807) is 4.68 Å². The maximum Gasteiger partial charge on any atom is 0.285 e. The molecule has 33 heavy (non-hydrogen) atoms. The summed E-state index contributed by atoms with van der Waals surface area (Å²) in [5, 5.41) is 0. The lowest BCUT2D eigenvalue weighted by atomic mass is 9.94. The summed E-state index contributed by atoms with van der Waals surface area (Å²) in [6.45, 7) is 0. The first-order chi connectivity index (χ1) is 16.0. The molecule has 2 aromatic carbocycles. The lowest BCUT2D eigenvalue weighted by molar-refractivity contribution is 0.469. The Hall–Kier alpha value is -2.66. The zero-order valence-corrected chi connectivity index (χ0v) is 20.6. The third-order valence-corrected chi connectivity index (χ3v) is 7.34. The first-order valence-electron chi connectivity index (χ1n) is 11.6. The molecule has 5 heteroatoms. The summed E-state index contributed by atoms with van der Waals surface area (Å²) < 4.78 is 17.4. The normalized spacial score (nSPS) is 16.7. The van der Waals surface area contributed by atoms with E-state index in [9.17, 15) is 9.18 Å². The molecule has 0 aliphatic heterocycles. The summed E-state index contributed by atoms with van der Waals surface area (Å²) in [5.41, 5.74) is 4.44. The second-order valence-corrected chi connectivity index (χ2v) is 9.56. The Bertz CT molecular complexity index is 1190. The van der Waals surface area contributed by atoms with E-state index in [1.165, 1.54) is 30.5 Å². The number of para-hydroxylation sites is 1. The Kier molecular flexibility index (Phi) is 7.81. The molecule has 0 spiro atoms. The van der Waals surface area contributed by atoms with Crippen molar-refractivity contribution >= 4 is 22.0 Å². The molecule has 3 nitrogen and oxygen atoms in total. The zero-order valence-electron chi connectivity index (χ0n) is 19.0. The van der Waals surface area contributed by atoms with E-state index in [1.807, 2.05) is 54.2 Å². The minimum Gasteiger partial charge on any atom is -0.284 e. The van der Waals surface area contributed by atoms with Crippen LogP contribution in [0, 0.1) is 11.7 Å². The first-order valence-corrected chi connectivity index (χ1v) is 12.4. The second kappa shape index (κ2) is 11.0. The van der Waals surface area contributed by atoms with Crippen molar-refractivity contribution in [3.05, 3.63) is 104 Å². The van der Waals surface area contributed by atoms with Crippen LogP contribution in [0.5, 0.6) is 0 Å². The summed E-state index contributed by atoms with van der Waals surface area (Å²) in [5.74, 6) is 0.476. The van der Waals surface area contributed by atoms with E-state index >= 15 is 0 Å². The van der Waals surface area contributed by atoms with Gasteiger partial charge in [0.15, 0.2) is 0 Å². The van der Waals surface area contributed by atoms with Gasteiger partial charge in [0.1, 0.15) is 10.3 Å². The zero-order chi connectivity index (χ0) is 23.2. The summed E-state index contributed by atoms with van der Waals surface area (Å²) in [6, 6.07) is 16.4. The maximum absolute atomic E-state index is 13.0. The van der Waals surface area contributed by atoms with E-state index in [4.69, 9.17) is 0 Å². The van der Waals surface area contributed by atoms with Gasteiger partial charge in [0.25, 0.3) is 5.56 Å². The molecular formula is C28H30BrFN2O. The molecule has 0 saturated carbocycles. The van der Waals surface area contributed by atoms with Crippen molar-refractivity contribution in [3.63, 3.8) is 0 Å². The Morgan fingerprint density at radius 3 is 2.58 bits per heavy atom. The molecule has 0 N–H and O–H groups in total. The van der Waals surface area contributed by atoms with Gasteiger partial charge in [-0.25, -0.2) is 9.07 Å². The quantitative estimate of drug-likeness (QED) is 0.309. The third kappa shape index (κ3) is 5.83. The molecule has 0 fully saturated rings. The molecule has 1 aromatic heterocycles. The van der Waals surface area contributed by atoms with Crippen LogP contribution in [-0.4, -0.2) is 9.36 Å². The van der Waals surface area contributed by atoms with Crippen LogP contribution in [0.25, 0.3) is 11.8 Å². The smallest absolute Gasteiger partial charge is 0.284 e. The molecule has 0 bridgehead atoms. The number of hydrogen-bond acceptors (Lipinski definition) is 1. The van der Waals surface area contributed by atoms with Crippen LogP contribution in [0.4, 0.5) is 4.39 Å². The summed E-state index contributed by atoms with van der Waals surface area (Å²) in [7, 11) is 1.96. The fourth-order valence-electron chi connectivity index (χ4n) is 4.62. The highest BCUT2D eigenvalue weighted by molar-refractivity contribution is 9.10. The number of hydrogen-bond donors (Lipinski definition) is 0. The highest BCUT2D eigenvalue weighted by atomic mass is 79.9. The molecule has 0 saturated heterocycles. The predicted octanol–water partition coefficient (Wildman–Crippen LogP) is 7.23. The number of aromatic nitrogens is 2. The maximum atomic E-state index is 13.0. The second-order valence-electron chi connectivity index (χ2n) is 8.77. The molecule has 1 aliphatic carbocycles. The van der Waals surface area contributed by atoms with E-state index < -0.39 is 0 Å². The average Bonchev–Trinajstić information content (AvgIpc) is 2.97. The molecule has 1 atom stereocenters. The largest absolute Gasteiger partial charge is 0.285 e. The average molecular weight is 509 g/mol. The summed E-state index contributed by atoms with van der Waals surface area (Å²) in [6.07, 6.45) is 14.2. The topological polar surface area (TPSA) is 26.9 Å². The number of halogens is 2. The lowest BCUT2D eigenvalue weighted by Crippen LogP contribution is -2.19. The molecule has 1 heterocycles. The Morgan fingerprint density at radius 1 is 1.06 bits per heavy atom. The molecule has 0 amide bonds. The molecule has 1 unspecified atom stereocenters. The van der Waals surface area contributed by atoms with Crippen LogP contribution in [0.1, 0.15) is 49.8 Å². The van der Waals surface area contributed by atoms with Gasteiger partial charge in [-0.05, 0) is 96.6 Å². The van der Waals surface area contributed by atoms with Crippen LogP contribution in [-0.2, 0) is 13.5 Å². The van der Waals surface area contributed by atoms with Gasteiger partial charge in [-0.1, -0.05) is 54.1 Å². The number of nitrogens with zero attached hydrogens (tertiary/aromatic N) is 2. The van der Waals surface area contributed by atoms with Crippen molar-refractivity contribution in [1.82, 2.24) is 9.36 Å². The third-order valence-electron chi connectivity index (χ3n) is 6.54.